The lowest BCUT2D eigenvalue weighted by Gasteiger charge is -2.37. The van der Waals surface area contributed by atoms with E-state index in [1.54, 1.807) is 18.2 Å². The molecule has 6 nitrogen and oxygen atoms in total. The molecule has 7 heteroatoms. The highest BCUT2D eigenvalue weighted by Crippen LogP contribution is 2.13. The van der Waals surface area contributed by atoms with Gasteiger partial charge in [0.25, 0.3) is 0 Å². The summed E-state index contributed by atoms with van der Waals surface area (Å²) in [6, 6.07) is 6.06. The van der Waals surface area contributed by atoms with E-state index in [1.165, 1.54) is 6.07 Å². The van der Waals surface area contributed by atoms with Gasteiger partial charge in [0.2, 0.25) is 11.8 Å². The molecule has 1 unspecified atom stereocenters. The molecular formula is C18H27FN4O2. The lowest BCUT2D eigenvalue weighted by molar-refractivity contribution is -0.127. The minimum Gasteiger partial charge on any atom is -0.353 e. The Balaban J connectivity index is 1.77. The minimum atomic E-state index is -0.439. The first-order valence-electron chi connectivity index (χ1n) is 8.68. The molecular weight excluding hydrogens is 323 g/mol. The molecule has 0 spiro atoms. The summed E-state index contributed by atoms with van der Waals surface area (Å²) >= 11 is 0. The lowest BCUT2D eigenvalue weighted by atomic mass is 10.2. The summed E-state index contributed by atoms with van der Waals surface area (Å²) in [5.74, 6) is -0.643. The quantitative estimate of drug-likeness (QED) is 0.812. The lowest BCUT2D eigenvalue weighted by Crippen LogP contribution is -2.55. The zero-order valence-electron chi connectivity index (χ0n) is 15.1. The van der Waals surface area contributed by atoms with Gasteiger partial charge in [-0.1, -0.05) is 12.1 Å². The number of benzene rings is 1. The second-order valence-electron chi connectivity index (χ2n) is 6.68. The van der Waals surface area contributed by atoms with Gasteiger partial charge in [-0.15, -0.1) is 0 Å². The van der Waals surface area contributed by atoms with Crippen LogP contribution in [0.1, 0.15) is 20.8 Å². The Morgan fingerprint density at radius 2 is 1.76 bits per heavy atom. The standard InChI is InChI=1S/C18H27FN4O2/c1-13(2)20-18(25)14(3)23-10-8-22(9-11-23)12-17(24)21-16-7-5-4-6-15(16)19/h4-7,13-14H,8-12H2,1-3H3,(H,20,25)(H,21,24). The van der Waals surface area contributed by atoms with Crippen LogP contribution in [0, 0.1) is 5.82 Å². The molecule has 138 valence electrons. The number of piperazine rings is 1. The second-order valence-corrected chi connectivity index (χ2v) is 6.68. The van der Waals surface area contributed by atoms with Crippen LogP contribution in [0.15, 0.2) is 24.3 Å². The van der Waals surface area contributed by atoms with Crippen LogP contribution in [-0.2, 0) is 9.59 Å². The summed E-state index contributed by atoms with van der Waals surface area (Å²) in [6.07, 6.45) is 0. The maximum absolute atomic E-state index is 13.6. The van der Waals surface area contributed by atoms with E-state index in [4.69, 9.17) is 0 Å². The predicted octanol–water partition coefficient (Wildman–Crippen LogP) is 1.29. The van der Waals surface area contributed by atoms with Crippen molar-refractivity contribution in [3.8, 4) is 0 Å². The minimum absolute atomic E-state index is 0.0285. The molecule has 1 aromatic carbocycles. The molecule has 2 amide bonds. The number of halogens is 1. The van der Waals surface area contributed by atoms with Crippen molar-refractivity contribution >= 4 is 17.5 Å². The number of hydrogen-bond donors (Lipinski definition) is 2. The molecule has 1 atom stereocenters. The van der Waals surface area contributed by atoms with Crippen molar-refractivity contribution in [2.24, 2.45) is 0 Å². The van der Waals surface area contributed by atoms with E-state index in [1.807, 2.05) is 25.7 Å². The van der Waals surface area contributed by atoms with E-state index in [0.29, 0.717) is 13.1 Å². The van der Waals surface area contributed by atoms with Crippen LogP contribution in [0.25, 0.3) is 0 Å². The molecule has 0 radical (unpaired) electrons. The molecule has 1 aliphatic heterocycles. The van der Waals surface area contributed by atoms with Crippen molar-refractivity contribution in [2.45, 2.75) is 32.9 Å². The van der Waals surface area contributed by atoms with Crippen LogP contribution < -0.4 is 10.6 Å². The Kier molecular flexibility index (Phi) is 6.90. The maximum Gasteiger partial charge on any atom is 0.238 e. The normalized spacial score (nSPS) is 17.3. The third-order valence-electron chi connectivity index (χ3n) is 4.28. The van der Waals surface area contributed by atoms with Gasteiger partial charge in [-0.05, 0) is 32.9 Å². The third-order valence-corrected chi connectivity index (χ3v) is 4.28. The van der Waals surface area contributed by atoms with Gasteiger partial charge >= 0.3 is 0 Å². The average molecular weight is 350 g/mol. The van der Waals surface area contributed by atoms with Crippen LogP contribution in [0.4, 0.5) is 10.1 Å². The highest BCUT2D eigenvalue weighted by atomic mass is 19.1. The molecule has 0 saturated carbocycles. The van der Waals surface area contributed by atoms with E-state index >= 15 is 0 Å². The number of amides is 2. The summed E-state index contributed by atoms with van der Waals surface area (Å²) in [5, 5.41) is 5.52. The Hall–Kier alpha value is -1.99. The number of carbonyl (C=O) groups excluding carboxylic acids is 2. The van der Waals surface area contributed by atoms with E-state index < -0.39 is 5.82 Å². The first-order valence-corrected chi connectivity index (χ1v) is 8.68. The monoisotopic (exact) mass is 350 g/mol. The van der Waals surface area contributed by atoms with Gasteiger partial charge in [-0.25, -0.2) is 4.39 Å². The van der Waals surface area contributed by atoms with Crippen LogP contribution in [-0.4, -0.2) is 66.4 Å². The zero-order valence-corrected chi connectivity index (χ0v) is 15.1. The summed E-state index contributed by atoms with van der Waals surface area (Å²) < 4.78 is 13.6. The first-order chi connectivity index (χ1) is 11.9. The van der Waals surface area contributed by atoms with E-state index in [0.717, 1.165) is 13.1 Å². The van der Waals surface area contributed by atoms with E-state index in [9.17, 15) is 14.0 Å². The van der Waals surface area contributed by atoms with Crippen LogP contribution in [0.5, 0.6) is 0 Å². The fourth-order valence-electron chi connectivity index (χ4n) is 2.84. The van der Waals surface area contributed by atoms with Gasteiger partial charge in [0.15, 0.2) is 0 Å². The number of hydrogen-bond acceptors (Lipinski definition) is 4. The van der Waals surface area contributed by atoms with Crippen molar-refractivity contribution in [1.29, 1.82) is 0 Å². The molecule has 25 heavy (non-hydrogen) atoms. The largest absolute Gasteiger partial charge is 0.353 e. The van der Waals surface area contributed by atoms with Gasteiger partial charge in [0, 0.05) is 32.2 Å². The van der Waals surface area contributed by atoms with E-state index in [-0.39, 0.29) is 36.1 Å². The Morgan fingerprint density at radius 1 is 1.12 bits per heavy atom. The van der Waals surface area contributed by atoms with Crippen molar-refractivity contribution < 1.29 is 14.0 Å². The molecule has 0 bridgehead atoms. The zero-order chi connectivity index (χ0) is 18.4. The molecule has 2 rings (SSSR count). The fourth-order valence-corrected chi connectivity index (χ4v) is 2.84. The molecule has 1 saturated heterocycles. The van der Waals surface area contributed by atoms with Gasteiger partial charge in [-0.2, -0.15) is 0 Å². The summed E-state index contributed by atoms with van der Waals surface area (Å²) in [5.41, 5.74) is 0.199. The van der Waals surface area contributed by atoms with Crippen molar-refractivity contribution in [3.63, 3.8) is 0 Å². The number of anilines is 1. The Morgan fingerprint density at radius 3 is 2.36 bits per heavy atom. The van der Waals surface area contributed by atoms with Crippen molar-refractivity contribution in [2.75, 3.05) is 38.0 Å². The van der Waals surface area contributed by atoms with Crippen molar-refractivity contribution in [1.82, 2.24) is 15.1 Å². The van der Waals surface area contributed by atoms with Gasteiger partial charge < -0.3 is 10.6 Å². The first kappa shape index (κ1) is 19.3. The third kappa shape index (κ3) is 5.79. The number of carbonyl (C=O) groups is 2. The SMILES string of the molecule is CC(C)NC(=O)C(C)N1CCN(CC(=O)Nc2ccccc2F)CC1. The number of rotatable bonds is 6. The molecule has 2 N–H and O–H groups in total. The topological polar surface area (TPSA) is 64.7 Å². The molecule has 1 aliphatic rings. The van der Waals surface area contributed by atoms with Crippen molar-refractivity contribution in [3.05, 3.63) is 30.1 Å². The molecule has 1 heterocycles. The fraction of sp³-hybridized carbons (Fsp3) is 0.556. The smallest absolute Gasteiger partial charge is 0.238 e. The van der Waals surface area contributed by atoms with E-state index in [2.05, 4.69) is 15.5 Å². The number of nitrogens with one attached hydrogen (secondary N) is 2. The summed E-state index contributed by atoms with van der Waals surface area (Å²) in [6.45, 7) is 8.84. The maximum atomic E-state index is 13.6. The van der Waals surface area contributed by atoms with Gasteiger partial charge in [0.05, 0.1) is 18.3 Å². The summed E-state index contributed by atoms with van der Waals surface area (Å²) in [4.78, 5) is 28.3. The predicted molar refractivity (Wildman–Crippen MR) is 95.8 cm³/mol. The summed E-state index contributed by atoms with van der Waals surface area (Å²) in [7, 11) is 0. The van der Waals surface area contributed by atoms with Crippen LogP contribution in [0.2, 0.25) is 0 Å². The molecule has 0 aromatic heterocycles. The molecule has 1 fully saturated rings. The molecule has 0 aliphatic carbocycles. The Bertz CT molecular complexity index is 600. The van der Waals surface area contributed by atoms with Gasteiger partial charge in [-0.3, -0.25) is 19.4 Å². The molecule has 1 aromatic rings. The number of para-hydroxylation sites is 1. The second kappa shape index (κ2) is 8.92. The highest BCUT2D eigenvalue weighted by Gasteiger charge is 2.26. The van der Waals surface area contributed by atoms with Gasteiger partial charge in [0.1, 0.15) is 5.82 Å². The number of nitrogens with zero attached hydrogens (tertiary/aromatic N) is 2. The Labute approximate surface area is 148 Å². The highest BCUT2D eigenvalue weighted by molar-refractivity contribution is 5.92. The average Bonchev–Trinajstić information content (AvgIpc) is 2.56. The van der Waals surface area contributed by atoms with Crippen LogP contribution >= 0.6 is 0 Å². The van der Waals surface area contributed by atoms with Crippen LogP contribution in [0.3, 0.4) is 0 Å².